The van der Waals surface area contributed by atoms with Crippen LogP contribution in [-0.2, 0) is 0 Å². The maximum atomic E-state index is 11.4. The second-order valence-electron chi connectivity index (χ2n) is 5.40. The third kappa shape index (κ3) is 3.69. The van der Waals surface area contributed by atoms with E-state index in [1.165, 1.54) is 19.3 Å². The summed E-state index contributed by atoms with van der Waals surface area (Å²) in [6.45, 7) is 2.22. The van der Waals surface area contributed by atoms with Crippen molar-refractivity contribution in [2.45, 2.75) is 32.6 Å². The van der Waals surface area contributed by atoms with Gasteiger partial charge in [0.1, 0.15) is 0 Å². The Hall–Kier alpha value is -1.17. The Kier molecular flexibility index (Phi) is 5.76. The van der Waals surface area contributed by atoms with E-state index in [9.17, 15) is 4.89 Å². The van der Waals surface area contributed by atoms with E-state index in [-0.39, 0.29) is 0 Å². The van der Waals surface area contributed by atoms with E-state index in [0.717, 1.165) is 23.2 Å². The van der Waals surface area contributed by atoms with Gasteiger partial charge in [-0.1, -0.05) is 0 Å². The molecule has 2 rings (SSSR count). The molecule has 2 aromatic carbocycles. The van der Waals surface area contributed by atoms with E-state index < -0.39 is 7.49 Å². The second kappa shape index (κ2) is 7.57. The van der Waals surface area contributed by atoms with Crippen LogP contribution in [0.3, 0.4) is 0 Å². The van der Waals surface area contributed by atoms with E-state index in [1.807, 2.05) is 36.4 Å². The Balaban J connectivity index is 2.24. The molecule has 108 valence electrons. The Morgan fingerprint density at radius 1 is 0.750 bits per heavy atom. The van der Waals surface area contributed by atoms with Gasteiger partial charge in [0.15, 0.2) is 0 Å². The van der Waals surface area contributed by atoms with Gasteiger partial charge in [0.25, 0.3) is 0 Å². The van der Waals surface area contributed by atoms with Crippen LogP contribution >= 0.6 is 7.49 Å². The number of hydrogen-bond acceptors (Lipinski definition) is 1. The average molecular weight is 288 g/mol. The van der Waals surface area contributed by atoms with E-state index >= 15 is 0 Å². The van der Waals surface area contributed by atoms with Gasteiger partial charge in [-0.2, -0.15) is 0 Å². The van der Waals surface area contributed by atoms with Crippen LogP contribution in [0, 0.1) is 0 Å². The van der Waals surface area contributed by atoms with Gasteiger partial charge in [-0.15, -0.1) is 0 Å². The summed E-state index contributed by atoms with van der Waals surface area (Å²) in [5.74, 6) is 0. The fraction of sp³-hybridized carbons (Fsp3) is 0.333. The molecular formula is C18H25OP. The van der Waals surface area contributed by atoms with Crippen LogP contribution in [0.15, 0.2) is 60.7 Å². The fourth-order valence-electron chi connectivity index (χ4n) is 2.69. The van der Waals surface area contributed by atoms with E-state index in [4.69, 9.17) is 0 Å². The summed E-state index contributed by atoms with van der Waals surface area (Å²) >= 11 is 0. The molecule has 2 heteroatoms. The van der Waals surface area contributed by atoms with Gasteiger partial charge >= 0.3 is 122 Å². The summed E-state index contributed by atoms with van der Waals surface area (Å²) in [7, 11) is -2.55. The Morgan fingerprint density at radius 3 is 1.70 bits per heavy atom. The number of rotatable bonds is 7. The molecule has 1 N–H and O–H groups in total. The van der Waals surface area contributed by atoms with Gasteiger partial charge in [-0.05, 0) is 0 Å². The molecule has 0 saturated heterocycles. The summed E-state index contributed by atoms with van der Waals surface area (Å²) < 4.78 is 0. The fourth-order valence-corrected chi connectivity index (χ4v) is 5.85. The monoisotopic (exact) mass is 288 g/mol. The summed E-state index contributed by atoms with van der Waals surface area (Å²) in [6, 6.07) is 20.5. The van der Waals surface area contributed by atoms with Crippen molar-refractivity contribution in [3.8, 4) is 0 Å². The minimum atomic E-state index is -2.55. The minimum absolute atomic E-state index is 0.918. The Bertz CT molecular complexity index is 456. The molecule has 0 heterocycles. The van der Waals surface area contributed by atoms with Crippen molar-refractivity contribution in [2.24, 2.45) is 0 Å². The molecule has 0 amide bonds. The molecule has 1 nitrogen and oxygen atoms in total. The number of hydrogen-bond donors (Lipinski definition) is 1. The predicted molar refractivity (Wildman–Crippen MR) is 91.7 cm³/mol. The third-order valence-corrected chi connectivity index (χ3v) is 7.55. The van der Waals surface area contributed by atoms with Crippen molar-refractivity contribution in [1.29, 1.82) is 0 Å². The SMILES string of the molecule is CCCCCC[PH](O)(c1ccccc1)c1ccccc1. The van der Waals surface area contributed by atoms with Gasteiger partial charge in [0, 0.05) is 0 Å². The molecule has 0 fully saturated rings. The van der Waals surface area contributed by atoms with E-state index in [2.05, 4.69) is 31.2 Å². The molecule has 0 unspecified atom stereocenters. The Labute approximate surface area is 123 Å². The molecule has 0 aromatic heterocycles. The van der Waals surface area contributed by atoms with Gasteiger partial charge in [-0.25, -0.2) is 0 Å². The molecule has 0 aliphatic heterocycles. The van der Waals surface area contributed by atoms with Crippen molar-refractivity contribution < 1.29 is 4.89 Å². The third-order valence-electron chi connectivity index (χ3n) is 3.89. The number of unbranched alkanes of at least 4 members (excludes halogenated alkanes) is 3. The van der Waals surface area contributed by atoms with Gasteiger partial charge in [0.05, 0.1) is 0 Å². The summed E-state index contributed by atoms with van der Waals surface area (Å²) in [5.41, 5.74) is 0. The molecule has 0 radical (unpaired) electrons. The van der Waals surface area contributed by atoms with Crippen molar-refractivity contribution in [1.82, 2.24) is 0 Å². The molecular weight excluding hydrogens is 263 g/mol. The van der Waals surface area contributed by atoms with Crippen LogP contribution in [0.2, 0.25) is 0 Å². The first-order valence-corrected chi connectivity index (χ1v) is 9.76. The van der Waals surface area contributed by atoms with Crippen LogP contribution in [0.25, 0.3) is 0 Å². The molecule has 0 saturated carbocycles. The van der Waals surface area contributed by atoms with Crippen LogP contribution in [0.5, 0.6) is 0 Å². The quantitative estimate of drug-likeness (QED) is 0.605. The van der Waals surface area contributed by atoms with Crippen LogP contribution < -0.4 is 10.6 Å². The Morgan fingerprint density at radius 2 is 1.25 bits per heavy atom. The van der Waals surface area contributed by atoms with Crippen molar-refractivity contribution in [3.05, 3.63) is 60.7 Å². The molecule has 0 spiro atoms. The molecule has 0 aliphatic rings. The summed E-state index contributed by atoms with van der Waals surface area (Å²) in [5, 5.41) is 2.25. The van der Waals surface area contributed by atoms with Crippen molar-refractivity contribution in [3.63, 3.8) is 0 Å². The molecule has 20 heavy (non-hydrogen) atoms. The average Bonchev–Trinajstić information content (AvgIpc) is 2.53. The molecule has 0 bridgehead atoms. The van der Waals surface area contributed by atoms with E-state index in [0.29, 0.717) is 0 Å². The first-order valence-electron chi connectivity index (χ1n) is 7.61. The molecule has 0 aliphatic carbocycles. The van der Waals surface area contributed by atoms with Gasteiger partial charge in [0.2, 0.25) is 0 Å². The zero-order valence-electron chi connectivity index (χ0n) is 12.3. The summed E-state index contributed by atoms with van der Waals surface area (Å²) in [4.78, 5) is 11.4. The molecule has 2 aromatic rings. The topological polar surface area (TPSA) is 20.2 Å². The normalized spacial score (nSPS) is 12.3. The van der Waals surface area contributed by atoms with Gasteiger partial charge < -0.3 is 0 Å². The van der Waals surface area contributed by atoms with Crippen LogP contribution in [-0.4, -0.2) is 11.1 Å². The van der Waals surface area contributed by atoms with Crippen molar-refractivity contribution >= 4 is 18.1 Å². The maximum absolute atomic E-state index is 11.4. The summed E-state index contributed by atoms with van der Waals surface area (Å²) in [6.07, 6.45) is 5.73. The standard InChI is InChI=1S/C18H25OP/c1-2-3-4-11-16-20(19,17-12-7-5-8-13-17)18-14-9-6-10-15-18/h5-10,12-15,19-20H,2-4,11,16H2,1H3. The first-order chi connectivity index (χ1) is 9.77. The zero-order chi connectivity index (χ0) is 14.3. The van der Waals surface area contributed by atoms with E-state index in [1.54, 1.807) is 0 Å². The first kappa shape index (κ1) is 15.2. The number of benzene rings is 2. The van der Waals surface area contributed by atoms with Crippen LogP contribution in [0.4, 0.5) is 0 Å². The predicted octanol–water partition coefficient (Wildman–Crippen LogP) is 3.87. The van der Waals surface area contributed by atoms with Crippen LogP contribution in [0.1, 0.15) is 32.6 Å². The molecule has 0 atom stereocenters. The van der Waals surface area contributed by atoms with Crippen molar-refractivity contribution in [2.75, 3.05) is 6.16 Å². The second-order valence-corrected chi connectivity index (χ2v) is 8.78. The van der Waals surface area contributed by atoms with Gasteiger partial charge in [-0.3, -0.25) is 0 Å². The zero-order valence-corrected chi connectivity index (χ0v) is 13.3.